The first-order valence-electron chi connectivity index (χ1n) is 17.1. The van der Waals surface area contributed by atoms with Gasteiger partial charge in [-0.1, -0.05) is 118 Å². The summed E-state index contributed by atoms with van der Waals surface area (Å²) < 4.78 is 2.46. The lowest BCUT2D eigenvalue weighted by molar-refractivity contribution is 0.660. The van der Waals surface area contributed by atoms with E-state index in [2.05, 4.69) is 188 Å². The fraction of sp³-hybridized carbons (Fsp3) is 0.130. The Labute approximate surface area is 283 Å². The molecule has 232 valence electrons. The minimum atomic E-state index is -0.0553. The summed E-state index contributed by atoms with van der Waals surface area (Å²) in [6.45, 7) is 7.08. The third-order valence-electron chi connectivity index (χ3n) is 10.7. The Morgan fingerprint density at radius 2 is 1.23 bits per heavy atom. The smallest absolute Gasteiger partial charge is 0.0537 e. The quantitative estimate of drug-likeness (QED) is 0.186. The highest BCUT2D eigenvalue weighted by Gasteiger charge is 2.35. The summed E-state index contributed by atoms with van der Waals surface area (Å²) in [5.74, 6) is 0.390. The number of allylic oxidation sites excluding steroid dienone is 1. The van der Waals surface area contributed by atoms with Crippen LogP contribution in [0.3, 0.4) is 0 Å². The zero-order chi connectivity index (χ0) is 32.4. The first-order chi connectivity index (χ1) is 23.5. The van der Waals surface area contributed by atoms with Gasteiger partial charge in [0, 0.05) is 44.8 Å². The van der Waals surface area contributed by atoms with Gasteiger partial charge >= 0.3 is 0 Å². The summed E-state index contributed by atoms with van der Waals surface area (Å²) in [5, 5.41) is 1.31. The molecule has 0 amide bonds. The predicted octanol–water partition coefficient (Wildman–Crippen LogP) is 12.1. The number of aromatic nitrogens is 1. The Kier molecular flexibility index (Phi) is 6.55. The minimum Gasteiger partial charge on any atom is -0.313 e. The molecule has 1 atom stereocenters. The van der Waals surface area contributed by atoms with Crippen LogP contribution in [0.4, 0.5) is 17.1 Å². The summed E-state index contributed by atoms with van der Waals surface area (Å²) in [6.07, 6.45) is 3.45. The van der Waals surface area contributed by atoms with Gasteiger partial charge in [-0.3, -0.25) is 0 Å². The second-order valence-electron chi connectivity index (χ2n) is 13.9. The third kappa shape index (κ3) is 4.40. The molecule has 7 aromatic rings. The maximum Gasteiger partial charge on any atom is 0.0537 e. The van der Waals surface area contributed by atoms with E-state index < -0.39 is 0 Å². The van der Waals surface area contributed by atoms with E-state index in [0.717, 1.165) is 17.8 Å². The van der Waals surface area contributed by atoms with Gasteiger partial charge < -0.3 is 9.47 Å². The predicted molar refractivity (Wildman–Crippen MR) is 203 cm³/mol. The number of fused-ring (bicyclic) bond motifs is 6. The number of nitrogens with zero attached hydrogens (tertiary/aromatic N) is 2. The molecule has 2 aliphatic carbocycles. The maximum atomic E-state index is 2.46. The van der Waals surface area contributed by atoms with E-state index in [1.54, 1.807) is 0 Å². The zero-order valence-electron chi connectivity index (χ0n) is 27.7. The Balaban J connectivity index is 1.13. The Hall–Kier alpha value is -5.60. The first kappa shape index (κ1) is 28.6. The summed E-state index contributed by atoms with van der Waals surface area (Å²) in [6, 6.07) is 55.5. The van der Waals surface area contributed by atoms with Crippen molar-refractivity contribution >= 4 is 39.6 Å². The highest BCUT2D eigenvalue weighted by Crippen LogP contribution is 2.50. The molecule has 0 bridgehead atoms. The average Bonchev–Trinajstić information content (AvgIpc) is 3.57. The maximum absolute atomic E-state index is 2.46. The average molecular weight is 619 g/mol. The van der Waals surface area contributed by atoms with E-state index in [0.29, 0.717) is 5.92 Å². The molecular weight excluding hydrogens is 581 g/mol. The van der Waals surface area contributed by atoms with Crippen molar-refractivity contribution in [3.8, 4) is 16.8 Å². The van der Waals surface area contributed by atoms with E-state index in [9.17, 15) is 0 Å². The molecule has 2 heteroatoms. The second kappa shape index (κ2) is 11.0. The van der Waals surface area contributed by atoms with Gasteiger partial charge in [-0.15, -0.1) is 0 Å². The third-order valence-corrected chi connectivity index (χ3v) is 10.7. The lowest BCUT2D eigenvalue weighted by Crippen LogP contribution is -2.16. The Bertz CT molecular complexity index is 2340. The molecule has 9 rings (SSSR count). The van der Waals surface area contributed by atoms with Gasteiger partial charge in [0.15, 0.2) is 0 Å². The van der Waals surface area contributed by atoms with Gasteiger partial charge in [0.05, 0.1) is 5.52 Å². The highest BCUT2D eigenvalue weighted by atomic mass is 15.1. The number of para-hydroxylation sites is 3. The van der Waals surface area contributed by atoms with Crippen molar-refractivity contribution in [2.45, 2.75) is 32.6 Å². The van der Waals surface area contributed by atoms with Crippen LogP contribution in [0.2, 0.25) is 0 Å². The molecule has 48 heavy (non-hydrogen) atoms. The Morgan fingerprint density at radius 1 is 0.604 bits per heavy atom. The minimum absolute atomic E-state index is 0.0553. The number of anilines is 3. The lowest BCUT2D eigenvalue weighted by Gasteiger charge is -2.28. The normalized spacial score (nSPS) is 15.8. The van der Waals surface area contributed by atoms with Crippen LogP contribution in [0.25, 0.3) is 39.4 Å². The van der Waals surface area contributed by atoms with Crippen LogP contribution >= 0.6 is 0 Å². The summed E-state index contributed by atoms with van der Waals surface area (Å²) in [4.78, 5) is 2.40. The van der Waals surface area contributed by atoms with Crippen molar-refractivity contribution in [1.29, 1.82) is 0 Å². The molecule has 0 spiro atoms. The van der Waals surface area contributed by atoms with E-state index in [-0.39, 0.29) is 5.41 Å². The number of benzene rings is 6. The van der Waals surface area contributed by atoms with Crippen LogP contribution in [-0.2, 0) is 11.8 Å². The van der Waals surface area contributed by atoms with Crippen molar-refractivity contribution in [3.05, 3.63) is 180 Å². The molecule has 0 saturated carbocycles. The molecule has 2 nitrogen and oxygen atoms in total. The highest BCUT2D eigenvalue weighted by molar-refractivity contribution is 5.99. The van der Waals surface area contributed by atoms with Gasteiger partial charge in [-0.25, -0.2) is 0 Å². The number of hydrogen-bond acceptors (Lipinski definition) is 1. The SMILES string of the molecule is CC1Cc2c(c3ccccc3n2-c2ccccc2)C=C1c1ccc(N(c2ccccc2)c2ccc3c(c2)C(C)(C)c2ccccc2-3)cc1. The molecule has 0 N–H and O–H groups in total. The van der Waals surface area contributed by atoms with E-state index in [1.165, 1.54) is 66.9 Å². The second-order valence-corrected chi connectivity index (χ2v) is 13.9. The van der Waals surface area contributed by atoms with Crippen LogP contribution in [0.5, 0.6) is 0 Å². The van der Waals surface area contributed by atoms with Gasteiger partial charge in [-0.05, 0) is 106 Å². The van der Waals surface area contributed by atoms with Crippen molar-refractivity contribution in [3.63, 3.8) is 0 Å². The van der Waals surface area contributed by atoms with Crippen LogP contribution in [-0.4, -0.2) is 4.57 Å². The van der Waals surface area contributed by atoms with Crippen LogP contribution in [0.15, 0.2) is 152 Å². The van der Waals surface area contributed by atoms with Gasteiger partial charge in [0.25, 0.3) is 0 Å². The van der Waals surface area contributed by atoms with Gasteiger partial charge in [-0.2, -0.15) is 0 Å². The van der Waals surface area contributed by atoms with E-state index in [1.807, 2.05) is 0 Å². The molecule has 1 heterocycles. The number of hydrogen-bond donors (Lipinski definition) is 0. The molecule has 0 fully saturated rings. The molecule has 0 aliphatic heterocycles. The number of rotatable bonds is 5. The fourth-order valence-electron chi connectivity index (χ4n) is 8.28. The van der Waals surface area contributed by atoms with Crippen molar-refractivity contribution in [2.75, 3.05) is 4.90 Å². The zero-order valence-corrected chi connectivity index (χ0v) is 27.7. The monoisotopic (exact) mass is 618 g/mol. The van der Waals surface area contributed by atoms with Crippen molar-refractivity contribution < 1.29 is 0 Å². The van der Waals surface area contributed by atoms with Crippen LogP contribution in [0.1, 0.15) is 48.7 Å². The van der Waals surface area contributed by atoms with E-state index in [4.69, 9.17) is 0 Å². The molecule has 2 aliphatic rings. The first-order valence-corrected chi connectivity index (χ1v) is 17.1. The van der Waals surface area contributed by atoms with Crippen molar-refractivity contribution in [1.82, 2.24) is 4.57 Å². The van der Waals surface area contributed by atoms with Crippen LogP contribution < -0.4 is 4.90 Å². The molecule has 6 aromatic carbocycles. The van der Waals surface area contributed by atoms with Gasteiger partial charge in [0.2, 0.25) is 0 Å². The van der Waals surface area contributed by atoms with Crippen LogP contribution in [0, 0.1) is 5.92 Å². The lowest BCUT2D eigenvalue weighted by atomic mass is 9.82. The summed E-state index contributed by atoms with van der Waals surface area (Å²) >= 11 is 0. The fourth-order valence-corrected chi connectivity index (χ4v) is 8.28. The molecule has 0 saturated heterocycles. The molecule has 1 aromatic heterocycles. The molecule has 0 radical (unpaired) electrons. The standard InChI is InChI=1S/C46H38N2/c1-31-28-45-41(39-19-11-13-21-44(39)48(45)34-16-8-5-9-17-34)30-40(31)32-22-24-35(25-23-32)47(33-14-6-4-7-15-33)36-26-27-38-37-18-10-12-20-42(37)46(2,3)43(38)29-36/h4-27,29-31H,28H2,1-3H3. The largest absolute Gasteiger partial charge is 0.313 e. The molecule has 1 unspecified atom stereocenters. The van der Waals surface area contributed by atoms with E-state index >= 15 is 0 Å². The molecular formula is C46H38N2. The van der Waals surface area contributed by atoms with Crippen molar-refractivity contribution in [2.24, 2.45) is 5.92 Å². The summed E-state index contributed by atoms with van der Waals surface area (Å²) in [5.41, 5.74) is 16.8. The summed E-state index contributed by atoms with van der Waals surface area (Å²) in [7, 11) is 0. The topological polar surface area (TPSA) is 8.17 Å². The van der Waals surface area contributed by atoms with Gasteiger partial charge in [0.1, 0.15) is 0 Å². The Morgan fingerprint density at radius 3 is 2.02 bits per heavy atom.